The number of hydrogen-bond donors (Lipinski definition) is 2. The zero-order chi connectivity index (χ0) is 13.9. The Hall–Kier alpha value is -2.95. The normalized spacial score (nSPS) is 10.4. The van der Waals surface area contributed by atoms with Gasteiger partial charge in [-0.3, -0.25) is 10.1 Å². The number of aromatic nitrogens is 3. The molecule has 0 aliphatic rings. The van der Waals surface area contributed by atoms with Gasteiger partial charge in [-0.25, -0.2) is 4.79 Å². The van der Waals surface area contributed by atoms with Crippen LogP contribution in [0.4, 0.5) is 0 Å². The summed E-state index contributed by atoms with van der Waals surface area (Å²) in [5, 5.41) is 16.0. The molecule has 5 nitrogen and oxygen atoms in total. The fourth-order valence-corrected chi connectivity index (χ4v) is 2.03. The van der Waals surface area contributed by atoms with Crippen LogP contribution in [0.3, 0.4) is 0 Å². The van der Waals surface area contributed by atoms with E-state index in [-0.39, 0.29) is 5.56 Å². The molecule has 0 aliphatic carbocycles. The number of rotatable bonds is 3. The molecule has 3 rings (SSSR count). The lowest BCUT2D eigenvalue weighted by atomic mass is 10.0. The van der Waals surface area contributed by atoms with E-state index < -0.39 is 5.97 Å². The van der Waals surface area contributed by atoms with Crippen LogP contribution in [0.1, 0.15) is 10.4 Å². The highest BCUT2D eigenvalue weighted by atomic mass is 16.4. The summed E-state index contributed by atoms with van der Waals surface area (Å²) in [5.74, 6) is -0.949. The number of pyridine rings is 1. The Morgan fingerprint density at radius 1 is 1.15 bits per heavy atom. The van der Waals surface area contributed by atoms with E-state index in [4.69, 9.17) is 5.11 Å². The van der Waals surface area contributed by atoms with Crippen LogP contribution in [-0.2, 0) is 0 Å². The number of hydrogen-bond acceptors (Lipinski definition) is 3. The predicted octanol–water partition coefficient (Wildman–Crippen LogP) is 2.84. The quantitative estimate of drug-likeness (QED) is 0.763. The van der Waals surface area contributed by atoms with Gasteiger partial charge in [-0.2, -0.15) is 5.10 Å². The summed E-state index contributed by atoms with van der Waals surface area (Å²) < 4.78 is 0. The lowest BCUT2D eigenvalue weighted by Gasteiger charge is -2.04. The molecular weight excluding hydrogens is 254 g/mol. The Bertz CT molecular complexity index is 751. The van der Waals surface area contributed by atoms with E-state index in [1.54, 1.807) is 30.6 Å². The topological polar surface area (TPSA) is 78.9 Å². The van der Waals surface area contributed by atoms with Gasteiger partial charge in [-0.05, 0) is 29.8 Å². The molecule has 2 heterocycles. The number of H-pyrrole nitrogens is 1. The number of carboxylic acids is 1. The van der Waals surface area contributed by atoms with Crippen molar-refractivity contribution in [3.63, 3.8) is 0 Å². The van der Waals surface area contributed by atoms with Crippen molar-refractivity contribution in [1.29, 1.82) is 0 Å². The number of carboxylic acid groups (broad SMARTS) is 1. The molecule has 0 fully saturated rings. The van der Waals surface area contributed by atoms with E-state index in [0.29, 0.717) is 0 Å². The van der Waals surface area contributed by atoms with Crippen LogP contribution in [0.15, 0.2) is 54.9 Å². The van der Waals surface area contributed by atoms with Gasteiger partial charge in [0.15, 0.2) is 0 Å². The maximum Gasteiger partial charge on any atom is 0.335 e. The molecule has 0 radical (unpaired) electrons. The molecule has 0 unspecified atom stereocenters. The fourth-order valence-electron chi connectivity index (χ4n) is 2.03. The maximum absolute atomic E-state index is 11.0. The molecule has 20 heavy (non-hydrogen) atoms. The number of nitrogens with one attached hydrogen (secondary N) is 1. The smallest absolute Gasteiger partial charge is 0.335 e. The molecule has 2 aromatic heterocycles. The number of aromatic carboxylic acids is 1. The summed E-state index contributed by atoms with van der Waals surface area (Å²) in [6.45, 7) is 0. The van der Waals surface area contributed by atoms with Crippen LogP contribution in [0.25, 0.3) is 22.5 Å². The van der Waals surface area contributed by atoms with Gasteiger partial charge in [0.1, 0.15) is 0 Å². The summed E-state index contributed by atoms with van der Waals surface area (Å²) >= 11 is 0. The van der Waals surface area contributed by atoms with E-state index in [1.807, 2.05) is 24.3 Å². The largest absolute Gasteiger partial charge is 0.478 e. The van der Waals surface area contributed by atoms with Crippen molar-refractivity contribution in [3.8, 4) is 22.5 Å². The van der Waals surface area contributed by atoms with Gasteiger partial charge in [0.25, 0.3) is 0 Å². The lowest BCUT2D eigenvalue weighted by Crippen LogP contribution is -1.95. The third-order valence-corrected chi connectivity index (χ3v) is 2.98. The predicted molar refractivity (Wildman–Crippen MR) is 74.2 cm³/mol. The summed E-state index contributed by atoms with van der Waals surface area (Å²) in [6, 6.07) is 12.4. The van der Waals surface area contributed by atoms with Crippen LogP contribution in [0.2, 0.25) is 0 Å². The molecule has 0 amide bonds. The monoisotopic (exact) mass is 265 g/mol. The van der Waals surface area contributed by atoms with Crippen molar-refractivity contribution in [2.45, 2.75) is 0 Å². The van der Waals surface area contributed by atoms with Crippen molar-refractivity contribution in [2.75, 3.05) is 0 Å². The first kappa shape index (κ1) is 12.1. The summed E-state index contributed by atoms with van der Waals surface area (Å²) in [6.07, 6.45) is 3.37. The summed E-state index contributed by atoms with van der Waals surface area (Å²) in [4.78, 5) is 15.3. The zero-order valence-electron chi connectivity index (χ0n) is 10.4. The highest BCUT2D eigenvalue weighted by Gasteiger charge is 2.12. The molecule has 0 saturated heterocycles. The molecule has 0 saturated carbocycles. The van der Waals surface area contributed by atoms with E-state index in [1.165, 1.54) is 0 Å². The summed E-state index contributed by atoms with van der Waals surface area (Å²) in [7, 11) is 0. The second-order valence-corrected chi connectivity index (χ2v) is 4.26. The molecule has 0 aliphatic heterocycles. The van der Waals surface area contributed by atoms with Crippen molar-refractivity contribution in [2.24, 2.45) is 0 Å². The Morgan fingerprint density at radius 2 is 2.05 bits per heavy atom. The highest BCUT2D eigenvalue weighted by molar-refractivity contribution is 5.90. The lowest BCUT2D eigenvalue weighted by molar-refractivity contribution is 0.0697. The number of nitrogens with zero attached hydrogens (tertiary/aromatic N) is 2. The van der Waals surface area contributed by atoms with Crippen LogP contribution in [0.5, 0.6) is 0 Å². The van der Waals surface area contributed by atoms with Crippen LogP contribution in [-0.4, -0.2) is 26.3 Å². The average Bonchev–Trinajstić information content (AvgIpc) is 2.98. The minimum atomic E-state index is -0.949. The Kier molecular flexibility index (Phi) is 3.01. The molecule has 98 valence electrons. The first-order valence-electron chi connectivity index (χ1n) is 6.04. The van der Waals surface area contributed by atoms with Gasteiger partial charge in [0.2, 0.25) is 0 Å². The maximum atomic E-state index is 11.0. The molecule has 0 spiro atoms. The van der Waals surface area contributed by atoms with Gasteiger partial charge >= 0.3 is 5.97 Å². The Morgan fingerprint density at radius 3 is 2.80 bits per heavy atom. The Balaban J connectivity index is 2.10. The molecule has 2 N–H and O–H groups in total. The molecule has 0 bridgehead atoms. The third-order valence-electron chi connectivity index (χ3n) is 2.98. The second kappa shape index (κ2) is 4.97. The van der Waals surface area contributed by atoms with Crippen molar-refractivity contribution >= 4 is 5.97 Å². The number of aromatic amines is 1. The average molecular weight is 265 g/mol. The highest BCUT2D eigenvalue weighted by Crippen LogP contribution is 2.29. The van der Waals surface area contributed by atoms with Gasteiger partial charge in [-0.1, -0.05) is 18.2 Å². The molecular formula is C15H11N3O2. The fraction of sp³-hybridized carbons (Fsp3) is 0. The Labute approximate surface area is 114 Å². The van der Waals surface area contributed by atoms with Gasteiger partial charge in [-0.15, -0.1) is 0 Å². The van der Waals surface area contributed by atoms with Crippen molar-refractivity contribution < 1.29 is 9.90 Å². The molecule has 5 heteroatoms. The van der Waals surface area contributed by atoms with E-state index >= 15 is 0 Å². The van der Waals surface area contributed by atoms with Crippen molar-refractivity contribution in [1.82, 2.24) is 15.2 Å². The minimum Gasteiger partial charge on any atom is -0.478 e. The summed E-state index contributed by atoms with van der Waals surface area (Å²) in [5.41, 5.74) is 3.40. The first-order valence-corrected chi connectivity index (χ1v) is 6.04. The van der Waals surface area contributed by atoms with Crippen molar-refractivity contribution in [3.05, 3.63) is 60.4 Å². The van der Waals surface area contributed by atoms with E-state index in [0.717, 1.165) is 22.5 Å². The number of benzene rings is 1. The molecule has 0 atom stereocenters. The zero-order valence-corrected chi connectivity index (χ0v) is 10.4. The minimum absolute atomic E-state index is 0.246. The number of carbonyl (C=O) groups is 1. The molecule has 1 aromatic carbocycles. The van der Waals surface area contributed by atoms with Gasteiger partial charge in [0, 0.05) is 11.8 Å². The van der Waals surface area contributed by atoms with Crippen LogP contribution >= 0.6 is 0 Å². The SMILES string of the molecule is O=C(O)c1cccc(-c2cn[nH]c2-c2ccccn2)c1. The molecule has 3 aromatic rings. The van der Waals surface area contributed by atoms with E-state index in [9.17, 15) is 4.79 Å². The van der Waals surface area contributed by atoms with Gasteiger partial charge < -0.3 is 5.11 Å². The standard InChI is InChI=1S/C15H11N3O2/c19-15(20)11-5-3-4-10(8-11)12-9-17-18-14(12)13-6-1-2-7-16-13/h1-9H,(H,17,18)(H,19,20). The van der Waals surface area contributed by atoms with Gasteiger partial charge in [0.05, 0.1) is 23.1 Å². The van der Waals surface area contributed by atoms with E-state index in [2.05, 4.69) is 15.2 Å². The second-order valence-electron chi connectivity index (χ2n) is 4.26. The van der Waals surface area contributed by atoms with Crippen LogP contribution in [0, 0.1) is 0 Å². The third kappa shape index (κ3) is 2.16. The first-order chi connectivity index (χ1) is 9.75. The van der Waals surface area contributed by atoms with Crippen LogP contribution < -0.4 is 0 Å².